The van der Waals surface area contributed by atoms with Gasteiger partial charge >= 0.3 is 0 Å². The average molecular weight is 666 g/mol. The minimum atomic E-state index is -0.706. The zero-order valence-corrected chi connectivity index (χ0v) is 27.6. The van der Waals surface area contributed by atoms with Gasteiger partial charge in [-0.05, 0) is 73.5 Å². The summed E-state index contributed by atoms with van der Waals surface area (Å²) >= 11 is 7.56. The second-order valence-electron chi connectivity index (χ2n) is 10.7. The summed E-state index contributed by atoms with van der Waals surface area (Å²) in [7, 11) is 1.57. The average Bonchev–Trinajstić information content (AvgIpc) is 3.38. The van der Waals surface area contributed by atoms with Crippen molar-refractivity contribution in [2.24, 2.45) is 4.99 Å². The number of benzene rings is 4. The van der Waals surface area contributed by atoms with Crippen molar-refractivity contribution in [3.63, 3.8) is 0 Å². The molecule has 0 unspecified atom stereocenters. The number of methoxy groups -OCH3 is 1. The molecule has 1 aliphatic rings. The second kappa shape index (κ2) is 14.1. The molecule has 0 spiro atoms. The lowest BCUT2D eigenvalue weighted by atomic mass is 9.95. The molecule has 4 aromatic carbocycles. The largest absolute Gasteiger partial charge is 0.494 e. The summed E-state index contributed by atoms with van der Waals surface area (Å²) in [5, 5.41) is 3.60. The summed E-state index contributed by atoms with van der Waals surface area (Å²) in [6, 6.07) is 28.9. The molecule has 47 heavy (non-hydrogen) atoms. The highest BCUT2D eigenvalue weighted by molar-refractivity contribution is 7.07. The zero-order chi connectivity index (χ0) is 32.9. The van der Waals surface area contributed by atoms with Gasteiger partial charge in [0.2, 0.25) is 0 Å². The van der Waals surface area contributed by atoms with Crippen LogP contribution in [0.25, 0.3) is 6.08 Å². The second-order valence-corrected chi connectivity index (χ2v) is 12.1. The van der Waals surface area contributed by atoms with Crippen molar-refractivity contribution >= 4 is 40.6 Å². The highest BCUT2D eigenvalue weighted by Crippen LogP contribution is 2.32. The number of rotatable bonds is 10. The van der Waals surface area contributed by atoms with Gasteiger partial charge in [-0.1, -0.05) is 77.5 Å². The molecule has 1 aliphatic heterocycles. The van der Waals surface area contributed by atoms with E-state index in [1.165, 1.54) is 11.3 Å². The Bertz CT molecular complexity index is 2140. The Hall–Kier alpha value is -5.12. The molecule has 1 atom stereocenters. The van der Waals surface area contributed by atoms with Crippen LogP contribution in [0.3, 0.4) is 0 Å². The van der Waals surface area contributed by atoms with Gasteiger partial charge in [-0.3, -0.25) is 14.2 Å². The van der Waals surface area contributed by atoms with Crippen LogP contribution in [0.4, 0.5) is 5.69 Å². The van der Waals surface area contributed by atoms with Crippen LogP contribution in [-0.4, -0.2) is 24.2 Å². The smallest absolute Gasteiger partial charge is 0.271 e. The molecule has 0 saturated heterocycles. The van der Waals surface area contributed by atoms with Crippen molar-refractivity contribution in [1.29, 1.82) is 0 Å². The number of para-hydroxylation sites is 1. The number of fused-ring (bicyclic) bond motifs is 1. The van der Waals surface area contributed by atoms with Crippen LogP contribution in [0.1, 0.15) is 36.6 Å². The molecule has 6 rings (SSSR count). The van der Waals surface area contributed by atoms with Crippen molar-refractivity contribution in [1.82, 2.24) is 4.57 Å². The van der Waals surface area contributed by atoms with Gasteiger partial charge in [0.15, 0.2) is 16.3 Å². The van der Waals surface area contributed by atoms with Crippen LogP contribution in [0.5, 0.6) is 17.2 Å². The molecule has 238 valence electrons. The summed E-state index contributed by atoms with van der Waals surface area (Å²) in [5.74, 6) is 1.43. The number of nitrogens with zero attached hydrogens (tertiary/aromatic N) is 2. The molecule has 0 bridgehead atoms. The first-order chi connectivity index (χ1) is 22.9. The molecule has 0 aliphatic carbocycles. The van der Waals surface area contributed by atoms with E-state index in [-0.39, 0.29) is 18.1 Å². The number of amides is 1. The minimum absolute atomic E-state index is 0.261. The third-order valence-corrected chi connectivity index (χ3v) is 8.98. The van der Waals surface area contributed by atoms with Crippen LogP contribution in [0.2, 0.25) is 5.02 Å². The van der Waals surface area contributed by atoms with Gasteiger partial charge in [0, 0.05) is 16.3 Å². The third-order valence-electron chi connectivity index (χ3n) is 7.63. The van der Waals surface area contributed by atoms with Crippen molar-refractivity contribution in [2.45, 2.75) is 26.5 Å². The normalized spacial score (nSPS) is 14.3. The Morgan fingerprint density at radius 2 is 1.72 bits per heavy atom. The van der Waals surface area contributed by atoms with Gasteiger partial charge in [-0.15, -0.1) is 0 Å². The number of thiazole rings is 1. The predicted molar refractivity (Wildman–Crippen MR) is 185 cm³/mol. The van der Waals surface area contributed by atoms with E-state index in [0.29, 0.717) is 55.2 Å². The zero-order valence-electron chi connectivity index (χ0n) is 26.0. The number of carbonyl (C=O) groups is 1. The highest BCUT2D eigenvalue weighted by atomic mass is 35.5. The van der Waals surface area contributed by atoms with E-state index in [9.17, 15) is 9.59 Å². The first-order valence-corrected chi connectivity index (χ1v) is 16.2. The monoisotopic (exact) mass is 665 g/mol. The van der Waals surface area contributed by atoms with Crippen molar-refractivity contribution in [2.75, 3.05) is 19.0 Å². The fraction of sp³-hybridized carbons (Fsp3) is 0.162. The summed E-state index contributed by atoms with van der Waals surface area (Å²) in [5.41, 5.74) is 3.67. The minimum Gasteiger partial charge on any atom is -0.494 e. The third kappa shape index (κ3) is 6.86. The van der Waals surface area contributed by atoms with Crippen LogP contribution in [0.15, 0.2) is 118 Å². The molecule has 0 radical (unpaired) electrons. The highest BCUT2D eigenvalue weighted by Gasteiger charge is 2.32. The molecule has 1 amide bonds. The maximum absolute atomic E-state index is 14.2. The van der Waals surface area contributed by atoms with Crippen LogP contribution >= 0.6 is 22.9 Å². The van der Waals surface area contributed by atoms with Gasteiger partial charge in [0.05, 0.1) is 35.6 Å². The number of hydrogen-bond donors (Lipinski definition) is 1. The number of aromatic nitrogens is 1. The maximum atomic E-state index is 14.2. The van der Waals surface area contributed by atoms with Crippen molar-refractivity contribution < 1.29 is 19.0 Å². The molecular weight excluding hydrogens is 634 g/mol. The van der Waals surface area contributed by atoms with Crippen LogP contribution in [-0.2, 0) is 11.4 Å². The molecule has 0 fully saturated rings. The van der Waals surface area contributed by atoms with Gasteiger partial charge < -0.3 is 19.5 Å². The fourth-order valence-electron chi connectivity index (χ4n) is 5.38. The lowest BCUT2D eigenvalue weighted by Gasteiger charge is -2.25. The van der Waals surface area contributed by atoms with E-state index in [4.69, 9.17) is 30.8 Å². The molecule has 1 aromatic heterocycles. The molecule has 2 heterocycles. The number of halogens is 1. The summed E-state index contributed by atoms with van der Waals surface area (Å²) < 4.78 is 19.3. The van der Waals surface area contributed by atoms with E-state index in [1.54, 1.807) is 30.7 Å². The Kier molecular flexibility index (Phi) is 9.56. The van der Waals surface area contributed by atoms with E-state index in [1.807, 2.05) is 97.9 Å². The summed E-state index contributed by atoms with van der Waals surface area (Å²) in [6.07, 6.45) is 1.79. The van der Waals surface area contributed by atoms with Crippen LogP contribution < -0.4 is 34.4 Å². The molecule has 8 nitrogen and oxygen atoms in total. The van der Waals surface area contributed by atoms with Gasteiger partial charge in [0.1, 0.15) is 12.4 Å². The fourth-order valence-corrected chi connectivity index (χ4v) is 6.61. The lowest BCUT2D eigenvalue weighted by molar-refractivity contribution is -0.113. The molecule has 1 N–H and O–H groups in total. The lowest BCUT2D eigenvalue weighted by Crippen LogP contribution is -2.40. The first-order valence-electron chi connectivity index (χ1n) is 15.0. The number of anilines is 1. The summed E-state index contributed by atoms with van der Waals surface area (Å²) in [6.45, 7) is 4.52. The Morgan fingerprint density at radius 3 is 2.45 bits per heavy atom. The number of allylic oxidation sites excluding steroid dienone is 1. The van der Waals surface area contributed by atoms with E-state index < -0.39 is 6.04 Å². The van der Waals surface area contributed by atoms with E-state index in [0.717, 1.165) is 16.7 Å². The number of carbonyl (C=O) groups excluding carboxylic acids is 1. The van der Waals surface area contributed by atoms with E-state index in [2.05, 4.69) is 5.32 Å². The van der Waals surface area contributed by atoms with Gasteiger partial charge in [-0.2, -0.15) is 0 Å². The Morgan fingerprint density at radius 1 is 0.979 bits per heavy atom. The number of hydrogen-bond acceptors (Lipinski definition) is 7. The quantitative estimate of drug-likeness (QED) is 0.184. The Balaban J connectivity index is 1.38. The topological polar surface area (TPSA) is 91.2 Å². The van der Waals surface area contributed by atoms with E-state index >= 15 is 0 Å². The van der Waals surface area contributed by atoms with Crippen LogP contribution in [0, 0.1) is 0 Å². The molecule has 0 saturated carbocycles. The SMILES string of the molecule is CCOc1ccc([C@@H]2C(C(=O)Nc3ccccc3)=C(C)N=c3s/c(=C\c4ccc(OCc5ccccc5Cl)c(OC)c4)c(=O)n32)cc1. The van der Waals surface area contributed by atoms with Gasteiger partial charge in [0.25, 0.3) is 11.5 Å². The maximum Gasteiger partial charge on any atom is 0.271 e. The molecule has 5 aromatic rings. The predicted octanol–water partition coefficient (Wildman–Crippen LogP) is 6.51. The molecular formula is C37H32ClN3O5S. The summed E-state index contributed by atoms with van der Waals surface area (Å²) in [4.78, 5) is 33.2. The van der Waals surface area contributed by atoms with Crippen molar-refractivity contribution in [3.05, 3.63) is 150 Å². The first kappa shape index (κ1) is 31.8. The number of ether oxygens (including phenoxy) is 3. The van der Waals surface area contributed by atoms with Gasteiger partial charge in [-0.25, -0.2) is 4.99 Å². The Labute approximate surface area is 280 Å². The standard InChI is InChI=1S/C37H32ClN3O5S/c1-4-45-28-17-15-25(16-18-28)34-33(35(42)40-27-11-6-5-7-12-27)23(2)39-37-41(34)36(43)32(47-37)21-24-14-19-30(31(20-24)44-3)46-22-26-10-8-9-13-29(26)38/h5-21,34H,4,22H2,1-3H3,(H,40,42)/b32-21-/t34-/m1/s1. The molecule has 10 heteroatoms. The number of nitrogens with one attached hydrogen (secondary N) is 1. The van der Waals surface area contributed by atoms with Crippen molar-refractivity contribution in [3.8, 4) is 17.2 Å².